The third-order valence-corrected chi connectivity index (χ3v) is 6.29. The molecule has 2 aromatic rings. The third-order valence-electron chi connectivity index (χ3n) is 6.29. The van der Waals surface area contributed by atoms with E-state index >= 15 is 0 Å². The van der Waals surface area contributed by atoms with Crippen molar-refractivity contribution in [2.75, 3.05) is 18.0 Å². The van der Waals surface area contributed by atoms with Crippen LogP contribution >= 0.6 is 0 Å². The largest absolute Gasteiger partial charge is 0.309 e. The van der Waals surface area contributed by atoms with E-state index in [0.29, 0.717) is 17.9 Å². The van der Waals surface area contributed by atoms with Gasteiger partial charge in [0.15, 0.2) is 0 Å². The molecule has 0 bridgehead atoms. The molecule has 1 amide bonds. The van der Waals surface area contributed by atoms with Crippen LogP contribution < -0.4 is 4.90 Å². The highest BCUT2D eigenvalue weighted by Gasteiger charge is 2.32. The van der Waals surface area contributed by atoms with E-state index in [2.05, 4.69) is 30.0 Å². The molecule has 3 nitrogen and oxygen atoms in total. The maximum absolute atomic E-state index is 13.8. The molecule has 0 saturated carbocycles. The van der Waals surface area contributed by atoms with Crippen molar-refractivity contribution in [2.24, 2.45) is 5.92 Å². The Balaban J connectivity index is 1.31. The summed E-state index contributed by atoms with van der Waals surface area (Å²) in [7, 11) is 0. The van der Waals surface area contributed by atoms with Crippen LogP contribution in [0.3, 0.4) is 0 Å². The lowest BCUT2D eigenvalue weighted by atomic mass is 9.92. The minimum atomic E-state index is -0.127. The van der Waals surface area contributed by atoms with E-state index in [1.165, 1.54) is 5.56 Å². The summed E-state index contributed by atoms with van der Waals surface area (Å²) in [5.41, 5.74) is 4.10. The number of hydrogen-bond donors (Lipinski definition) is 0. The molecule has 2 heterocycles. The summed E-state index contributed by atoms with van der Waals surface area (Å²) < 4.78 is 13.8. The standard InChI is InChI=1S/C24H29FN2O/c1-17-7-8-20(14-22(17)25)16-26-11-9-19(10-12-26)15-24(28)27-18(2)13-21-5-3-4-6-23(21)27/h3-8,14,18-19H,9-13,15-16H2,1-2H3. The summed E-state index contributed by atoms with van der Waals surface area (Å²) in [6, 6.07) is 14.0. The molecular weight excluding hydrogens is 351 g/mol. The summed E-state index contributed by atoms with van der Waals surface area (Å²) in [6.07, 6.45) is 3.65. The fraction of sp³-hybridized carbons (Fsp3) is 0.458. The highest BCUT2D eigenvalue weighted by Crippen LogP contribution is 2.33. The Kier molecular flexibility index (Phi) is 5.49. The first-order valence-corrected chi connectivity index (χ1v) is 10.4. The number of nitrogens with zero attached hydrogens (tertiary/aromatic N) is 2. The molecule has 0 radical (unpaired) electrons. The lowest BCUT2D eigenvalue weighted by Gasteiger charge is -2.33. The minimum Gasteiger partial charge on any atom is -0.309 e. The number of carbonyl (C=O) groups excluding carboxylic acids is 1. The molecule has 1 saturated heterocycles. The Hall–Kier alpha value is -2.20. The van der Waals surface area contributed by atoms with Gasteiger partial charge < -0.3 is 4.90 Å². The van der Waals surface area contributed by atoms with Crippen LogP contribution in [-0.2, 0) is 17.8 Å². The molecule has 1 atom stereocenters. The zero-order valence-corrected chi connectivity index (χ0v) is 16.8. The van der Waals surface area contributed by atoms with Crippen LogP contribution in [0.15, 0.2) is 42.5 Å². The summed E-state index contributed by atoms with van der Waals surface area (Å²) >= 11 is 0. The van der Waals surface area contributed by atoms with Crippen molar-refractivity contribution in [3.05, 3.63) is 65.0 Å². The highest BCUT2D eigenvalue weighted by atomic mass is 19.1. The van der Waals surface area contributed by atoms with Crippen LogP contribution in [0.5, 0.6) is 0 Å². The predicted molar refractivity (Wildman–Crippen MR) is 111 cm³/mol. The smallest absolute Gasteiger partial charge is 0.227 e. The first kappa shape index (κ1) is 19.1. The highest BCUT2D eigenvalue weighted by molar-refractivity contribution is 5.96. The molecule has 0 N–H and O–H groups in total. The summed E-state index contributed by atoms with van der Waals surface area (Å²) in [5, 5.41) is 0. The van der Waals surface area contributed by atoms with Crippen LogP contribution in [0.25, 0.3) is 0 Å². The van der Waals surface area contributed by atoms with Crippen molar-refractivity contribution in [3.8, 4) is 0 Å². The fourth-order valence-corrected chi connectivity index (χ4v) is 4.63. The van der Waals surface area contributed by atoms with Gasteiger partial charge in [-0.3, -0.25) is 9.69 Å². The van der Waals surface area contributed by atoms with E-state index in [1.807, 2.05) is 23.1 Å². The first-order valence-electron chi connectivity index (χ1n) is 10.4. The van der Waals surface area contributed by atoms with Crippen molar-refractivity contribution in [1.29, 1.82) is 0 Å². The van der Waals surface area contributed by atoms with E-state index in [4.69, 9.17) is 0 Å². The van der Waals surface area contributed by atoms with Crippen LogP contribution in [-0.4, -0.2) is 29.9 Å². The Bertz CT molecular complexity index is 857. The number of likely N-dealkylation sites (tertiary alicyclic amines) is 1. The van der Waals surface area contributed by atoms with E-state index in [-0.39, 0.29) is 17.8 Å². The van der Waals surface area contributed by atoms with Gasteiger partial charge in [-0.1, -0.05) is 30.3 Å². The van der Waals surface area contributed by atoms with Crippen molar-refractivity contribution < 1.29 is 9.18 Å². The number of piperidine rings is 1. The second-order valence-electron chi connectivity index (χ2n) is 8.45. The number of amides is 1. The van der Waals surface area contributed by atoms with Crippen LogP contribution in [0.1, 0.15) is 42.9 Å². The molecule has 0 spiro atoms. The number of benzene rings is 2. The van der Waals surface area contributed by atoms with Crippen molar-refractivity contribution in [1.82, 2.24) is 4.90 Å². The third kappa shape index (κ3) is 3.97. The average molecular weight is 381 g/mol. The molecule has 4 heteroatoms. The van der Waals surface area contributed by atoms with Gasteiger partial charge in [0.1, 0.15) is 5.82 Å². The number of aryl methyl sites for hydroxylation is 1. The van der Waals surface area contributed by atoms with Gasteiger partial charge in [0.25, 0.3) is 0 Å². The first-order chi connectivity index (χ1) is 13.5. The zero-order chi connectivity index (χ0) is 19.7. The van der Waals surface area contributed by atoms with Crippen molar-refractivity contribution in [2.45, 2.75) is 52.1 Å². The Labute approximate surface area is 167 Å². The fourth-order valence-electron chi connectivity index (χ4n) is 4.63. The average Bonchev–Trinajstić information content (AvgIpc) is 3.02. The number of fused-ring (bicyclic) bond motifs is 1. The summed E-state index contributed by atoms with van der Waals surface area (Å²) in [5.74, 6) is 0.577. The number of anilines is 1. The minimum absolute atomic E-state index is 0.127. The molecule has 0 aromatic heterocycles. The number of carbonyl (C=O) groups is 1. The van der Waals surface area contributed by atoms with Crippen LogP contribution in [0, 0.1) is 18.7 Å². The second-order valence-corrected chi connectivity index (χ2v) is 8.45. The molecule has 2 aliphatic heterocycles. The molecule has 2 aromatic carbocycles. The number of halogens is 1. The van der Waals surface area contributed by atoms with Gasteiger partial charge in [0.2, 0.25) is 5.91 Å². The molecule has 148 valence electrons. The molecular formula is C24H29FN2O. The van der Waals surface area contributed by atoms with Gasteiger partial charge in [-0.2, -0.15) is 0 Å². The number of hydrogen-bond acceptors (Lipinski definition) is 2. The lowest BCUT2D eigenvalue weighted by Crippen LogP contribution is -2.39. The van der Waals surface area contributed by atoms with Gasteiger partial charge >= 0.3 is 0 Å². The second kappa shape index (κ2) is 8.04. The van der Waals surface area contributed by atoms with E-state index < -0.39 is 0 Å². The maximum atomic E-state index is 13.8. The van der Waals surface area contributed by atoms with Crippen LogP contribution in [0.4, 0.5) is 10.1 Å². The van der Waals surface area contributed by atoms with Gasteiger partial charge in [-0.25, -0.2) is 4.39 Å². The van der Waals surface area contributed by atoms with E-state index in [0.717, 1.165) is 50.1 Å². The topological polar surface area (TPSA) is 23.6 Å². The molecule has 1 fully saturated rings. The normalized spacial score (nSPS) is 20.4. The zero-order valence-electron chi connectivity index (χ0n) is 16.8. The molecule has 4 rings (SSSR count). The van der Waals surface area contributed by atoms with Gasteiger partial charge in [0, 0.05) is 24.7 Å². The molecule has 0 aliphatic carbocycles. The van der Waals surface area contributed by atoms with Gasteiger partial charge in [-0.05, 0) is 80.9 Å². The summed E-state index contributed by atoms with van der Waals surface area (Å²) in [6.45, 7) is 6.66. The molecule has 1 unspecified atom stereocenters. The molecule has 28 heavy (non-hydrogen) atoms. The number of para-hydroxylation sites is 1. The molecule has 2 aliphatic rings. The predicted octanol–water partition coefficient (Wildman–Crippen LogP) is 4.71. The van der Waals surface area contributed by atoms with Crippen molar-refractivity contribution in [3.63, 3.8) is 0 Å². The van der Waals surface area contributed by atoms with Gasteiger partial charge in [-0.15, -0.1) is 0 Å². The van der Waals surface area contributed by atoms with Gasteiger partial charge in [0.05, 0.1) is 0 Å². The van der Waals surface area contributed by atoms with Crippen LogP contribution in [0.2, 0.25) is 0 Å². The monoisotopic (exact) mass is 380 g/mol. The SMILES string of the molecule is Cc1ccc(CN2CCC(CC(=O)N3c4ccccc4CC3C)CC2)cc1F. The maximum Gasteiger partial charge on any atom is 0.227 e. The summed E-state index contributed by atoms with van der Waals surface area (Å²) in [4.78, 5) is 17.4. The number of rotatable bonds is 4. The Morgan fingerprint density at radius 1 is 1.14 bits per heavy atom. The van der Waals surface area contributed by atoms with E-state index in [1.54, 1.807) is 13.0 Å². The van der Waals surface area contributed by atoms with E-state index in [9.17, 15) is 9.18 Å². The Morgan fingerprint density at radius 3 is 2.64 bits per heavy atom. The lowest BCUT2D eigenvalue weighted by molar-refractivity contribution is -0.120. The van der Waals surface area contributed by atoms with Crippen molar-refractivity contribution >= 4 is 11.6 Å². The Morgan fingerprint density at radius 2 is 1.89 bits per heavy atom. The quantitative estimate of drug-likeness (QED) is 0.767.